The lowest BCUT2D eigenvalue weighted by Crippen LogP contribution is -2.48. The minimum Gasteiger partial charge on any atom is -0.312 e. The SMILES string of the molecule is Cc1cc(Br)cc(CN2CCNC(C)C2)c1.Cl.Cl. The summed E-state index contributed by atoms with van der Waals surface area (Å²) >= 11 is 3.56. The first-order valence-corrected chi connectivity index (χ1v) is 6.64. The van der Waals surface area contributed by atoms with Crippen LogP contribution in [0.5, 0.6) is 0 Å². The molecule has 1 aromatic carbocycles. The van der Waals surface area contributed by atoms with Crippen molar-refractivity contribution in [2.24, 2.45) is 0 Å². The number of hydrogen-bond acceptors (Lipinski definition) is 2. The van der Waals surface area contributed by atoms with Crippen molar-refractivity contribution in [1.82, 2.24) is 10.2 Å². The van der Waals surface area contributed by atoms with Gasteiger partial charge in [0.2, 0.25) is 0 Å². The number of nitrogens with zero attached hydrogens (tertiary/aromatic N) is 1. The highest BCUT2D eigenvalue weighted by atomic mass is 79.9. The van der Waals surface area contributed by atoms with Crippen LogP contribution < -0.4 is 5.32 Å². The summed E-state index contributed by atoms with van der Waals surface area (Å²) in [4.78, 5) is 2.52. The molecule has 1 aliphatic heterocycles. The Kier molecular flexibility index (Phi) is 8.48. The molecule has 0 bridgehead atoms. The topological polar surface area (TPSA) is 15.3 Å². The fraction of sp³-hybridized carbons (Fsp3) is 0.538. The van der Waals surface area contributed by atoms with E-state index in [9.17, 15) is 0 Å². The number of benzene rings is 1. The van der Waals surface area contributed by atoms with Crippen molar-refractivity contribution in [3.63, 3.8) is 0 Å². The molecule has 1 aliphatic rings. The molecule has 104 valence electrons. The molecule has 0 saturated carbocycles. The van der Waals surface area contributed by atoms with Gasteiger partial charge in [-0.05, 0) is 37.1 Å². The summed E-state index contributed by atoms with van der Waals surface area (Å²) in [6.45, 7) is 8.86. The molecule has 1 fully saturated rings. The molecule has 5 heteroatoms. The largest absolute Gasteiger partial charge is 0.312 e. The van der Waals surface area contributed by atoms with Crippen molar-refractivity contribution in [3.05, 3.63) is 33.8 Å². The van der Waals surface area contributed by atoms with Crippen molar-refractivity contribution in [2.45, 2.75) is 26.4 Å². The van der Waals surface area contributed by atoms with Gasteiger partial charge in [0, 0.05) is 36.7 Å². The van der Waals surface area contributed by atoms with Crippen LogP contribution in [0.3, 0.4) is 0 Å². The Bertz CT molecular complexity index is 354. The Hall–Kier alpha value is 0.200. The van der Waals surface area contributed by atoms with Crippen LogP contribution in [0.2, 0.25) is 0 Å². The van der Waals surface area contributed by atoms with Crippen molar-refractivity contribution >= 4 is 40.7 Å². The average Bonchev–Trinajstić information content (AvgIpc) is 2.15. The zero-order valence-electron chi connectivity index (χ0n) is 10.8. The van der Waals surface area contributed by atoms with Crippen LogP contribution in [-0.2, 0) is 6.54 Å². The van der Waals surface area contributed by atoms with Crippen LogP contribution in [0.25, 0.3) is 0 Å². The summed E-state index contributed by atoms with van der Waals surface area (Å²) in [6, 6.07) is 7.27. The molecule has 2 nitrogen and oxygen atoms in total. The van der Waals surface area contributed by atoms with Crippen molar-refractivity contribution in [2.75, 3.05) is 19.6 Å². The minimum atomic E-state index is 0. The second-order valence-electron chi connectivity index (χ2n) is 4.73. The molecule has 1 N–H and O–H groups in total. The Morgan fingerprint density at radius 3 is 2.67 bits per heavy atom. The maximum atomic E-state index is 3.56. The first-order chi connectivity index (χ1) is 7.63. The van der Waals surface area contributed by atoms with Gasteiger partial charge >= 0.3 is 0 Å². The Morgan fingerprint density at radius 1 is 1.33 bits per heavy atom. The van der Waals surface area contributed by atoms with E-state index in [1.54, 1.807) is 0 Å². The predicted octanol–water partition coefficient (Wildman–Crippen LogP) is 3.39. The van der Waals surface area contributed by atoms with Crippen LogP contribution >= 0.6 is 40.7 Å². The second-order valence-corrected chi connectivity index (χ2v) is 5.64. The van der Waals surface area contributed by atoms with E-state index in [1.165, 1.54) is 15.6 Å². The van der Waals surface area contributed by atoms with E-state index in [1.807, 2.05) is 0 Å². The maximum Gasteiger partial charge on any atom is 0.0235 e. The number of rotatable bonds is 2. The van der Waals surface area contributed by atoms with Gasteiger partial charge in [0.1, 0.15) is 0 Å². The van der Waals surface area contributed by atoms with Gasteiger partial charge in [-0.3, -0.25) is 4.90 Å². The third-order valence-corrected chi connectivity index (χ3v) is 3.42. The number of halogens is 3. The van der Waals surface area contributed by atoms with Gasteiger partial charge in [0.05, 0.1) is 0 Å². The standard InChI is InChI=1S/C13H19BrN2.2ClH/c1-10-5-12(7-13(14)6-10)9-16-4-3-15-11(2)8-16;;/h5-7,11,15H,3-4,8-9H2,1-2H3;2*1H. The van der Waals surface area contributed by atoms with E-state index < -0.39 is 0 Å². The molecule has 2 rings (SSSR count). The summed E-state index contributed by atoms with van der Waals surface area (Å²) in [5.74, 6) is 0. The van der Waals surface area contributed by atoms with Crippen LogP contribution in [0.15, 0.2) is 22.7 Å². The fourth-order valence-corrected chi connectivity index (χ4v) is 2.97. The summed E-state index contributed by atoms with van der Waals surface area (Å²) < 4.78 is 1.19. The van der Waals surface area contributed by atoms with Gasteiger partial charge in [-0.25, -0.2) is 0 Å². The molecule has 1 heterocycles. The van der Waals surface area contributed by atoms with Gasteiger partial charge < -0.3 is 5.32 Å². The zero-order valence-corrected chi connectivity index (χ0v) is 14.0. The smallest absolute Gasteiger partial charge is 0.0235 e. The molecule has 0 aliphatic carbocycles. The Balaban J connectivity index is 0.00000144. The number of aryl methyl sites for hydroxylation is 1. The van der Waals surface area contributed by atoms with Crippen LogP contribution in [0, 0.1) is 6.92 Å². The molecule has 0 radical (unpaired) electrons. The summed E-state index contributed by atoms with van der Waals surface area (Å²) in [5.41, 5.74) is 2.73. The predicted molar refractivity (Wildman–Crippen MR) is 86.1 cm³/mol. The highest BCUT2D eigenvalue weighted by Crippen LogP contribution is 2.17. The van der Waals surface area contributed by atoms with Crippen molar-refractivity contribution in [3.8, 4) is 0 Å². The third kappa shape index (κ3) is 5.45. The lowest BCUT2D eigenvalue weighted by molar-refractivity contribution is 0.199. The normalized spacial score (nSPS) is 19.8. The highest BCUT2D eigenvalue weighted by molar-refractivity contribution is 9.10. The molecule has 1 saturated heterocycles. The number of piperazine rings is 1. The van der Waals surface area contributed by atoms with Gasteiger partial charge in [0.25, 0.3) is 0 Å². The van der Waals surface area contributed by atoms with Crippen LogP contribution in [0.4, 0.5) is 0 Å². The molecule has 0 aromatic heterocycles. The molecule has 1 atom stereocenters. The average molecular weight is 356 g/mol. The van der Waals surface area contributed by atoms with Crippen LogP contribution in [0.1, 0.15) is 18.1 Å². The Morgan fingerprint density at radius 2 is 2.06 bits per heavy atom. The molecule has 1 unspecified atom stereocenters. The maximum absolute atomic E-state index is 3.56. The highest BCUT2D eigenvalue weighted by Gasteiger charge is 2.15. The molecule has 0 spiro atoms. The second kappa shape index (κ2) is 8.39. The summed E-state index contributed by atoms with van der Waals surface area (Å²) in [6.07, 6.45) is 0. The van der Waals surface area contributed by atoms with Crippen molar-refractivity contribution in [1.29, 1.82) is 0 Å². The van der Waals surface area contributed by atoms with E-state index in [2.05, 4.69) is 58.2 Å². The molecule has 18 heavy (non-hydrogen) atoms. The molecule has 1 aromatic rings. The van der Waals surface area contributed by atoms with E-state index in [0.717, 1.165) is 26.2 Å². The fourth-order valence-electron chi connectivity index (χ4n) is 2.32. The van der Waals surface area contributed by atoms with E-state index in [0.29, 0.717) is 6.04 Å². The molecular weight excluding hydrogens is 335 g/mol. The summed E-state index contributed by atoms with van der Waals surface area (Å²) in [7, 11) is 0. The third-order valence-electron chi connectivity index (χ3n) is 2.96. The molecular formula is C13H21BrCl2N2. The first-order valence-electron chi connectivity index (χ1n) is 5.85. The van der Waals surface area contributed by atoms with E-state index in [4.69, 9.17) is 0 Å². The van der Waals surface area contributed by atoms with Crippen molar-refractivity contribution < 1.29 is 0 Å². The number of hydrogen-bond donors (Lipinski definition) is 1. The van der Waals surface area contributed by atoms with Gasteiger partial charge in [-0.15, -0.1) is 24.8 Å². The van der Waals surface area contributed by atoms with Gasteiger partial charge in [-0.2, -0.15) is 0 Å². The minimum absolute atomic E-state index is 0. The lowest BCUT2D eigenvalue weighted by atomic mass is 10.1. The van der Waals surface area contributed by atoms with E-state index in [-0.39, 0.29) is 24.8 Å². The van der Waals surface area contributed by atoms with Crippen LogP contribution in [-0.4, -0.2) is 30.6 Å². The lowest BCUT2D eigenvalue weighted by Gasteiger charge is -2.31. The monoisotopic (exact) mass is 354 g/mol. The quantitative estimate of drug-likeness (QED) is 0.874. The Labute approximate surface area is 130 Å². The van der Waals surface area contributed by atoms with Gasteiger partial charge in [-0.1, -0.05) is 22.0 Å². The van der Waals surface area contributed by atoms with Gasteiger partial charge in [0.15, 0.2) is 0 Å². The molecule has 0 amide bonds. The number of nitrogens with one attached hydrogen (secondary N) is 1. The zero-order chi connectivity index (χ0) is 11.5. The summed E-state index contributed by atoms with van der Waals surface area (Å²) in [5, 5.41) is 3.47. The van der Waals surface area contributed by atoms with E-state index >= 15 is 0 Å². The first kappa shape index (κ1) is 18.2.